The molecule has 3 rings (SSSR count). The summed E-state index contributed by atoms with van der Waals surface area (Å²) in [5, 5.41) is 0. The summed E-state index contributed by atoms with van der Waals surface area (Å²) < 4.78 is 2.15. The highest BCUT2D eigenvalue weighted by Gasteiger charge is 2.24. The lowest BCUT2D eigenvalue weighted by molar-refractivity contribution is 0.519. The molecule has 1 saturated carbocycles. The van der Waals surface area contributed by atoms with Gasteiger partial charge < -0.3 is 10.3 Å². The van der Waals surface area contributed by atoms with E-state index in [0.29, 0.717) is 12.1 Å². The molecule has 2 heterocycles. The predicted molar refractivity (Wildman–Crippen MR) is 60.9 cm³/mol. The van der Waals surface area contributed by atoms with E-state index >= 15 is 0 Å². The summed E-state index contributed by atoms with van der Waals surface area (Å²) in [6.07, 6.45) is 6.71. The van der Waals surface area contributed by atoms with E-state index in [4.69, 9.17) is 5.73 Å². The van der Waals surface area contributed by atoms with Gasteiger partial charge in [0.2, 0.25) is 0 Å². The minimum atomic E-state index is 0.324. The standard InChI is InChI=1S/C11H15N5/c1-7-10-11(14-5-13-7)16(6-15-10)9-3-2-8(12)4-9/h5-6,8-9H,2-4,12H2,1H3. The first-order valence-electron chi connectivity index (χ1n) is 5.65. The number of nitrogens with two attached hydrogens (primary N) is 1. The lowest BCUT2D eigenvalue weighted by atomic mass is 10.2. The molecule has 2 unspecified atom stereocenters. The molecule has 0 aliphatic heterocycles. The van der Waals surface area contributed by atoms with E-state index in [1.165, 1.54) is 0 Å². The number of hydrogen-bond acceptors (Lipinski definition) is 4. The summed E-state index contributed by atoms with van der Waals surface area (Å²) in [4.78, 5) is 12.9. The van der Waals surface area contributed by atoms with E-state index in [-0.39, 0.29) is 0 Å². The molecule has 2 N–H and O–H groups in total. The van der Waals surface area contributed by atoms with Gasteiger partial charge in [-0.05, 0) is 26.2 Å². The van der Waals surface area contributed by atoms with Gasteiger partial charge in [-0.3, -0.25) is 0 Å². The van der Waals surface area contributed by atoms with E-state index in [1.54, 1.807) is 6.33 Å². The molecule has 2 aromatic heterocycles. The lowest BCUT2D eigenvalue weighted by Crippen LogP contribution is -2.15. The van der Waals surface area contributed by atoms with Gasteiger partial charge in [0.25, 0.3) is 0 Å². The van der Waals surface area contributed by atoms with Gasteiger partial charge in [-0.2, -0.15) is 0 Å². The molecule has 2 atom stereocenters. The quantitative estimate of drug-likeness (QED) is 0.779. The van der Waals surface area contributed by atoms with Gasteiger partial charge in [0.15, 0.2) is 5.65 Å². The van der Waals surface area contributed by atoms with Crippen molar-refractivity contribution in [1.82, 2.24) is 19.5 Å². The second-order valence-electron chi connectivity index (χ2n) is 4.51. The molecule has 1 aliphatic carbocycles. The summed E-state index contributed by atoms with van der Waals surface area (Å²) >= 11 is 0. The van der Waals surface area contributed by atoms with Crippen molar-refractivity contribution in [1.29, 1.82) is 0 Å². The lowest BCUT2D eigenvalue weighted by Gasteiger charge is -2.11. The largest absolute Gasteiger partial charge is 0.328 e. The van der Waals surface area contributed by atoms with Crippen LogP contribution in [0.3, 0.4) is 0 Å². The molecule has 0 amide bonds. The van der Waals surface area contributed by atoms with Crippen LogP contribution in [0, 0.1) is 6.92 Å². The molecule has 5 heteroatoms. The van der Waals surface area contributed by atoms with Crippen LogP contribution < -0.4 is 5.73 Å². The third-order valence-corrected chi connectivity index (χ3v) is 3.38. The van der Waals surface area contributed by atoms with Gasteiger partial charge >= 0.3 is 0 Å². The Bertz CT molecular complexity index is 518. The zero-order chi connectivity index (χ0) is 11.1. The molecule has 0 saturated heterocycles. The van der Waals surface area contributed by atoms with Crippen LogP contribution in [0.25, 0.3) is 11.2 Å². The van der Waals surface area contributed by atoms with Crippen molar-refractivity contribution < 1.29 is 0 Å². The summed E-state index contributed by atoms with van der Waals surface area (Å²) in [5.74, 6) is 0. The molecule has 1 fully saturated rings. The molecule has 16 heavy (non-hydrogen) atoms. The number of aromatic nitrogens is 4. The molecule has 0 spiro atoms. The van der Waals surface area contributed by atoms with Crippen molar-refractivity contribution in [2.75, 3.05) is 0 Å². The van der Waals surface area contributed by atoms with Crippen molar-refractivity contribution in [3.63, 3.8) is 0 Å². The number of fused-ring (bicyclic) bond motifs is 1. The first-order valence-corrected chi connectivity index (χ1v) is 5.65. The molecule has 0 bridgehead atoms. The van der Waals surface area contributed by atoms with E-state index in [9.17, 15) is 0 Å². The van der Waals surface area contributed by atoms with Crippen LogP contribution >= 0.6 is 0 Å². The number of rotatable bonds is 1. The van der Waals surface area contributed by atoms with Crippen LogP contribution in [0.2, 0.25) is 0 Å². The highest BCUT2D eigenvalue weighted by molar-refractivity contribution is 5.72. The van der Waals surface area contributed by atoms with E-state index in [0.717, 1.165) is 36.1 Å². The minimum absolute atomic E-state index is 0.324. The monoisotopic (exact) mass is 217 g/mol. The van der Waals surface area contributed by atoms with Crippen LogP contribution in [-0.2, 0) is 0 Å². The van der Waals surface area contributed by atoms with Crippen molar-refractivity contribution >= 4 is 11.2 Å². The number of hydrogen-bond donors (Lipinski definition) is 1. The van der Waals surface area contributed by atoms with Crippen molar-refractivity contribution in [3.05, 3.63) is 18.3 Å². The number of imidazole rings is 1. The van der Waals surface area contributed by atoms with Gasteiger partial charge in [0, 0.05) is 12.1 Å². The van der Waals surface area contributed by atoms with Gasteiger partial charge in [0.05, 0.1) is 12.0 Å². The Morgan fingerprint density at radius 2 is 2.19 bits per heavy atom. The fraction of sp³-hybridized carbons (Fsp3) is 0.545. The Morgan fingerprint density at radius 1 is 1.31 bits per heavy atom. The first-order chi connectivity index (χ1) is 7.75. The molecule has 5 nitrogen and oxygen atoms in total. The maximum atomic E-state index is 5.94. The van der Waals surface area contributed by atoms with Crippen LogP contribution in [0.15, 0.2) is 12.7 Å². The van der Waals surface area contributed by atoms with E-state index in [1.807, 2.05) is 13.3 Å². The molecule has 0 radical (unpaired) electrons. The van der Waals surface area contributed by atoms with E-state index < -0.39 is 0 Å². The maximum Gasteiger partial charge on any atom is 0.163 e. The Labute approximate surface area is 93.7 Å². The molecule has 0 aromatic carbocycles. The summed E-state index contributed by atoms with van der Waals surface area (Å²) in [7, 11) is 0. The van der Waals surface area contributed by atoms with Crippen LogP contribution in [0.4, 0.5) is 0 Å². The van der Waals surface area contributed by atoms with Crippen LogP contribution in [0.1, 0.15) is 31.0 Å². The van der Waals surface area contributed by atoms with Gasteiger partial charge in [-0.15, -0.1) is 0 Å². The summed E-state index contributed by atoms with van der Waals surface area (Å²) in [6, 6.07) is 0.777. The van der Waals surface area contributed by atoms with E-state index in [2.05, 4.69) is 19.5 Å². The smallest absolute Gasteiger partial charge is 0.163 e. The summed E-state index contributed by atoms with van der Waals surface area (Å²) in [5.41, 5.74) is 8.72. The Kier molecular flexibility index (Phi) is 2.14. The molecule has 1 aliphatic rings. The second-order valence-corrected chi connectivity index (χ2v) is 4.51. The fourth-order valence-electron chi connectivity index (χ4n) is 2.48. The van der Waals surface area contributed by atoms with Crippen molar-refractivity contribution in [2.45, 2.75) is 38.3 Å². The first kappa shape index (κ1) is 9.72. The SMILES string of the molecule is Cc1ncnc2c1ncn2C1CCC(N)C1. The normalized spacial score (nSPS) is 25.4. The average Bonchev–Trinajstić information content (AvgIpc) is 2.84. The average molecular weight is 217 g/mol. The summed E-state index contributed by atoms with van der Waals surface area (Å²) in [6.45, 7) is 1.96. The van der Waals surface area contributed by atoms with Gasteiger partial charge in [-0.25, -0.2) is 15.0 Å². The highest BCUT2D eigenvalue weighted by atomic mass is 15.1. The van der Waals surface area contributed by atoms with Crippen LogP contribution in [0.5, 0.6) is 0 Å². The van der Waals surface area contributed by atoms with Gasteiger partial charge in [-0.1, -0.05) is 0 Å². The number of aryl methyl sites for hydroxylation is 1. The zero-order valence-corrected chi connectivity index (χ0v) is 9.30. The minimum Gasteiger partial charge on any atom is -0.328 e. The molecular weight excluding hydrogens is 202 g/mol. The van der Waals surface area contributed by atoms with Crippen molar-refractivity contribution in [3.8, 4) is 0 Å². The topological polar surface area (TPSA) is 69.6 Å². The third-order valence-electron chi connectivity index (χ3n) is 3.38. The fourth-order valence-corrected chi connectivity index (χ4v) is 2.48. The Hall–Kier alpha value is -1.49. The second kappa shape index (κ2) is 3.52. The van der Waals surface area contributed by atoms with Gasteiger partial charge in [0.1, 0.15) is 11.8 Å². The maximum absolute atomic E-state index is 5.94. The zero-order valence-electron chi connectivity index (χ0n) is 9.30. The highest BCUT2D eigenvalue weighted by Crippen LogP contribution is 2.30. The van der Waals surface area contributed by atoms with Crippen molar-refractivity contribution in [2.24, 2.45) is 5.73 Å². The molecule has 84 valence electrons. The Morgan fingerprint density at radius 3 is 2.94 bits per heavy atom. The molecule has 2 aromatic rings. The third kappa shape index (κ3) is 1.39. The number of nitrogens with zero attached hydrogens (tertiary/aromatic N) is 4. The van der Waals surface area contributed by atoms with Crippen LogP contribution in [-0.4, -0.2) is 25.6 Å². The Balaban J connectivity index is 2.08. The predicted octanol–water partition coefficient (Wildman–Crippen LogP) is 1.19. The molecular formula is C11H15N5.